The van der Waals surface area contributed by atoms with Crippen molar-refractivity contribution in [2.24, 2.45) is 5.92 Å². The molecule has 18 heavy (non-hydrogen) atoms. The zero-order chi connectivity index (χ0) is 14.4. The zero-order valence-corrected chi connectivity index (χ0v) is 12.9. The molecule has 0 heterocycles. The number of amides is 1. The maximum Gasteiger partial charge on any atom is 0.222 e. The lowest BCUT2D eigenvalue weighted by atomic mass is 10.1. The number of hydrogen-bond acceptors (Lipinski definition) is 4. The summed E-state index contributed by atoms with van der Waals surface area (Å²) >= 11 is 0. The van der Waals surface area contributed by atoms with E-state index < -0.39 is 9.84 Å². The number of hydrogen-bond donors (Lipinski definition) is 2. The number of carbonyl (C=O) groups excluding carboxylic acids is 1. The Bertz CT molecular complexity index is 356. The van der Waals surface area contributed by atoms with Crippen molar-refractivity contribution >= 4 is 15.7 Å². The van der Waals surface area contributed by atoms with Gasteiger partial charge in [0.1, 0.15) is 0 Å². The third kappa shape index (κ3) is 9.41. The molecule has 0 aromatic carbocycles. The van der Waals surface area contributed by atoms with E-state index >= 15 is 0 Å². The van der Waals surface area contributed by atoms with Crippen LogP contribution in [0.2, 0.25) is 0 Å². The lowest BCUT2D eigenvalue weighted by Gasteiger charge is -2.20. The second-order valence-corrected chi connectivity index (χ2v) is 8.08. The monoisotopic (exact) mass is 278 g/mol. The van der Waals surface area contributed by atoms with Gasteiger partial charge in [-0.25, -0.2) is 8.42 Å². The van der Waals surface area contributed by atoms with Crippen LogP contribution >= 0.6 is 0 Å². The van der Waals surface area contributed by atoms with Crippen LogP contribution in [0.4, 0.5) is 0 Å². The van der Waals surface area contributed by atoms with E-state index in [2.05, 4.69) is 10.6 Å². The second kappa shape index (κ2) is 7.09. The minimum atomic E-state index is -3.10. The summed E-state index contributed by atoms with van der Waals surface area (Å²) in [5.41, 5.74) is -0.0820. The van der Waals surface area contributed by atoms with Gasteiger partial charge in [0.2, 0.25) is 5.91 Å². The summed E-state index contributed by atoms with van der Waals surface area (Å²) in [6.07, 6.45) is 0. The Morgan fingerprint density at radius 2 is 1.61 bits per heavy atom. The molecule has 2 N–H and O–H groups in total. The van der Waals surface area contributed by atoms with Gasteiger partial charge in [0, 0.05) is 24.5 Å². The maximum absolute atomic E-state index is 11.7. The molecule has 1 amide bonds. The molecule has 0 bridgehead atoms. The predicted molar refractivity (Wildman–Crippen MR) is 74.3 cm³/mol. The molecule has 0 aliphatic carbocycles. The summed E-state index contributed by atoms with van der Waals surface area (Å²) in [5.74, 6) is -0.132. The number of nitrogens with one attached hydrogen (secondary N) is 2. The van der Waals surface area contributed by atoms with E-state index in [9.17, 15) is 13.2 Å². The molecular weight excluding hydrogens is 252 g/mol. The van der Waals surface area contributed by atoms with Gasteiger partial charge in [-0.1, -0.05) is 13.8 Å². The van der Waals surface area contributed by atoms with Crippen LogP contribution in [-0.4, -0.2) is 44.5 Å². The van der Waals surface area contributed by atoms with E-state index in [1.807, 2.05) is 20.8 Å². The summed E-state index contributed by atoms with van der Waals surface area (Å²) in [6, 6.07) is 0. The van der Waals surface area contributed by atoms with Crippen LogP contribution in [-0.2, 0) is 14.6 Å². The Labute approximate surface area is 111 Å². The van der Waals surface area contributed by atoms with Crippen LogP contribution in [0.3, 0.4) is 0 Å². The zero-order valence-electron chi connectivity index (χ0n) is 12.0. The smallest absolute Gasteiger partial charge is 0.222 e. The first kappa shape index (κ1) is 17.4. The molecule has 5 nitrogen and oxygen atoms in total. The molecule has 0 aliphatic rings. The standard InChI is InChI=1S/C12H26N2O3S/c1-10(2)11(15)13-6-8-18(16,17)9-7-14-12(3,4)5/h10,14H,6-9H2,1-5H3,(H,13,15). The lowest BCUT2D eigenvalue weighted by molar-refractivity contribution is -0.123. The van der Waals surface area contributed by atoms with Gasteiger partial charge in [-0.05, 0) is 20.8 Å². The van der Waals surface area contributed by atoms with Gasteiger partial charge in [-0.15, -0.1) is 0 Å². The minimum absolute atomic E-state index is 0.00270. The van der Waals surface area contributed by atoms with E-state index in [1.165, 1.54) is 0 Å². The summed E-state index contributed by atoms with van der Waals surface area (Å²) < 4.78 is 23.4. The average molecular weight is 278 g/mol. The maximum atomic E-state index is 11.7. The molecule has 0 fully saturated rings. The van der Waals surface area contributed by atoms with Crippen LogP contribution in [0.5, 0.6) is 0 Å². The van der Waals surface area contributed by atoms with Crippen molar-refractivity contribution in [3.8, 4) is 0 Å². The molecule has 0 aromatic rings. The van der Waals surface area contributed by atoms with Gasteiger partial charge in [0.15, 0.2) is 9.84 Å². The van der Waals surface area contributed by atoms with Crippen LogP contribution < -0.4 is 10.6 Å². The number of rotatable bonds is 7. The fraction of sp³-hybridized carbons (Fsp3) is 0.917. The Morgan fingerprint density at radius 3 is 2.06 bits per heavy atom. The van der Waals surface area contributed by atoms with Crippen LogP contribution in [0.25, 0.3) is 0 Å². The van der Waals surface area contributed by atoms with Crippen molar-refractivity contribution in [1.29, 1.82) is 0 Å². The SMILES string of the molecule is CC(C)C(=O)NCCS(=O)(=O)CCNC(C)(C)C. The topological polar surface area (TPSA) is 75.3 Å². The van der Waals surface area contributed by atoms with Crippen molar-refractivity contribution < 1.29 is 13.2 Å². The highest BCUT2D eigenvalue weighted by Gasteiger charge is 2.14. The molecule has 0 atom stereocenters. The van der Waals surface area contributed by atoms with E-state index in [4.69, 9.17) is 0 Å². The van der Waals surface area contributed by atoms with Crippen molar-refractivity contribution in [2.75, 3.05) is 24.6 Å². The fourth-order valence-corrected chi connectivity index (χ4v) is 2.25. The molecule has 6 heteroatoms. The van der Waals surface area contributed by atoms with Gasteiger partial charge in [0.25, 0.3) is 0 Å². The third-order valence-electron chi connectivity index (χ3n) is 2.31. The summed E-state index contributed by atoms with van der Waals surface area (Å²) in [4.78, 5) is 11.3. The first-order valence-corrected chi connectivity index (χ1v) is 8.09. The third-order valence-corrected chi connectivity index (χ3v) is 3.96. The van der Waals surface area contributed by atoms with Crippen LogP contribution in [0.15, 0.2) is 0 Å². The van der Waals surface area contributed by atoms with Gasteiger partial charge >= 0.3 is 0 Å². The van der Waals surface area contributed by atoms with Crippen molar-refractivity contribution in [2.45, 2.75) is 40.2 Å². The molecule has 0 saturated carbocycles. The summed E-state index contributed by atoms with van der Waals surface area (Å²) in [6.45, 7) is 10.1. The first-order chi connectivity index (χ1) is 8.03. The molecule has 0 aromatic heterocycles. The molecule has 0 spiro atoms. The van der Waals surface area contributed by atoms with Gasteiger partial charge in [0.05, 0.1) is 11.5 Å². The van der Waals surface area contributed by atoms with E-state index in [1.54, 1.807) is 13.8 Å². The van der Waals surface area contributed by atoms with E-state index in [0.717, 1.165) is 0 Å². The van der Waals surface area contributed by atoms with Crippen molar-refractivity contribution in [1.82, 2.24) is 10.6 Å². The van der Waals surface area contributed by atoms with Gasteiger partial charge in [-0.3, -0.25) is 4.79 Å². The molecule has 0 saturated heterocycles. The largest absolute Gasteiger partial charge is 0.355 e. The van der Waals surface area contributed by atoms with Crippen LogP contribution in [0, 0.1) is 5.92 Å². The van der Waals surface area contributed by atoms with Crippen molar-refractivity contribution in [3.63, 3.8) is 0 Å². The highest BCUT2D eigenvalue weighted by molar-refractivity contribution is 7.91. The number of sulfone groups is 1. The lowest BCUT2D eigenvalue weighted by Crippen LogP contribution is -2.40. The molecular formula is C12H26N2O3S. The highest BCUT2D eigenvalue weighted by Crippen LogP contribution is 1.98. The quantitative estimate of drug-likeness (QED) is 0.713. The molecule has 108 valence electrons. The number of carbonyl (C=O) groups is 1. The molecule has 0 radical (unpaired) electrons. The average Bonchev–Trinajstić information content (AvgIpc) is 2.14. The molecule has 0 rings (SSSR count). The van der Waals surface area contributed by atoms with E-state index in [0.29, 0.717) is 6.54 Å². The first-order valence-electron chi connectivity index (χ1n) is 6.27. The molecule has 0 aliphatic heterocycles. The predicted octanol–water partition coefficient (Wildman–Crippen LogP) is 0.562. The van der Waals surface area contributed by atoms with Gasteiger partial charge in [-0.2, -0.15) is 0 Å². The van der Waals surface area contributed by atoms with Gasteiger partial charge < -0.3 is 10.6 Å². The van der Waals surface area contributed by atoms with Crippen LogP contribution in [0.1, 0.15) is 34.6 Å². The Hall–Kier alpha value is -0.620. The Kier molecular flexibility index (Phi) is 6.84. The fourth-order valence-electron chi connectivity index (χ4n) is 1.22. The van der Waals surface area contributed by atoms with Crippen molar-refractivity contribution in [3.05, 3.63) is 0 Å². The second-order valence-electron chi connectivity index (χ2n) is 5.77. The van der Waals surface area contributed by atoms with E-state index in [-0.39, 0.29) is 35.4 Å². The Balaban J connectivity index is 3.92. The Morgan fingerprint density at radius 1 is 1.11 bits per heavy atom. The molecule has 0 unspecified atom stereocenters. The highest BCUT2D eigenvalue weighted by atomic mass is 32.2. The normalized spacial score (nSPS) is 12.8. The summed E-state index contributed by atoms with van der Waals surface area (Å²) in [7, 11) is -3.10. The summed E-state index contributed by atoms with van der Waals surface area (Å²) in [5, 5.41) is 5.74. The minimum Gasteiger partial charge on any atom is -0.355 e.